The molecule has 1 rings (SSSR count). The first-order valence-corrected chi connectivity index (χ1v) is 7.00. The van der Waals surface area contributed by atoms with E-state index in [0.29, 0.717) is 31.4 Å². The van der Waals surface area contributed by atoms with Gasteiger partial charge in [0.15, 0.2) is 5.96 Å². The minimum atomic E-state index is 0. The number of nitrogens with zero attached hydrogens (tertiary/aromatic N) is 2. The predicted octanol–water partition coefficient (Wildman–Crippen LogP) is 1.60. The van der Waals surface area contributed by atoms with Crippen molar-refractivity contribution in [2.24, 2.45) is 10.9 Å². The van der Waals surface area contributed by atoms with Gasteiger partial charge >= 0.3 is 0 Å². The van der Waals surface area contributed by atoms with Gasteiger partial charge in [0.1, 0.15) is 0 Å². The van der Waals surface area contributed by atoms with Gasteiger partial charge in [-0.05, 0) is 18.8 Å². The quantitative estimate of drug-likeness (QED) is 0.323. The number of carbonyl (C=O) groups is 1. The Morgan fingerprint density at radius 1 is 1.50 bits per heavy atom. The number of aliphatic imine (C=N–C) groups is 1. The Labute approximate surface area is 139 Å². The second-order valence-electron chi connectivity index (χ2n) is 5.01. The van der Waals surface area contributed by atoms with E-state index in [1.807, 2.05) is 4.90 Å². The number of nitrogens with one attached hydrogen (secondary N) is 2. The fraction of sp³-hybridized carbons (Fsp3) is 0.714. The summed E-state index contributed by atoms with van der Waals surface area (Å²) in [5, 5.41) is 6.20. The first kappa shape index (κ1) is 19.2. The van der Waals surface area contributed by atoms with Crippen molar-refractivity contribution in [3.8, 4) is 0 Å². The van der Waals surface area contributed by atoms with Gasteiger partial charge in [-0.25, -0.2) is 0 Å². The van der Waals surface area contributed by atoms with E-state index in [-0.39, 0.29) is 29.9 Å². The summed E-state index contributed by atoms with van der Waals surface area (Å²) < 4.78 is 0. The topological polar surface area (TPSA) is 56.7 Å². The smallest absolute Gasteiger partial charge is 0.224 e. The van der Waals surface area contributed by atoms with Crippen LogP contribution in [-0.4, -0.2) is 50.0 Å². The van der Waals surface area contributed by atoms with Crippen LogP contribution < -0.4 is 10.6 Å². The summed E-state index contributed by atoms with van der Waals surface area (Å²) >= 11 is 0. The van der Waals surface area contributed by atoms with Crippen LogP contribution in [0.1, 0.15) is 26.2 Å². The molecule has 0 aromatic carbocycles. The Bertz CT molecular complexity index is 333. The Morgan fingerprint density at radius 2 is 2.25 bits per heavy atom. The van der Waals surface area contributed by atoms with Gasteiger partial charge in [0.05, 0.1) is 0 Å². The maximum atomic E-state index is 12.0. The maximum Gasteiger partial charge on any atom is 0.224 e. The number of amides is 1. The highest BCUT2D eigenvalue weighted by Gasteiger charge is 2.20. The predicted molar refractivity (Wildman–Crippen MR) is 94.6 cm³/mol. The molecule has 0 saturated carbocycles. The standard InChI is InChI=1S/C14H26N4O.HI/c1-4-8-16-14(15-3)17-9-7-13(19)18-10-5-6-12(2)11-18;/h4,12H,1,5-11H2,2-3H3,(H2,15,16,17);1H. The monoisotopic (exact) mass is 394 g/mol. The molecule has 1 saturated heterocycles. The molecule has 6 heteroatoms. The molecule has 0 radical (unpaired) electrons. The van der Waals surface area contributed by atoms with E-state index >= 15 is 0 Å². The molecule has 0 aromatic rings. The van der Waals surface area contributed by atoms with Crippen molar-refractivity contribution in [1.82, 2.24) is 15.5 Å². The van der Waals surface area contributed by atoms with Gasteiger partial charge in [-0.15, -0.1) is 30.6 Å². The summed E-state index contributed by atoms with van der Waals surface area (Å²) in [5.74, 6) is 1.57. The highest BCUT2D eigenvalue weighted by molar-refractivity contribution is 14.0. The molecule has 1 amide bonds. The van der Waals surface area contributed by atoms with Crippen LogP contribution in [0.3, 0.4) is 0 Å². The Hall–Kier alpha value is -0.790. The highest BCUT2D eigenvalue weighted by Crippen LogP contribution is 2.15. The Kier molecular flexibility index (Phi) is 10.5. The molecule has 0 aromatic heterocycles. The molecule has 2 N–H and O–H groups in total. The SMILES string of the molecule is C=CCNC(=NC)NCCC(=O)N1CCCC(C)C1.I. The number of hydrogen-bond acceptors (Lipinski definition) is 2. The van der Waals surface area contributed by atoms with Crippen LogP contribution in [0.2, 0.25) is 0 Å². The third kappa shape index (κ3) is 7.12. The number of guanidine groups is 1. The van der Waals surface area contributed by atoms with Gasteiger partial charge in [-0.1, -0.05) is 13.0 Å². The van der Waals surface area contributed by atoms with E-state index in [1.54, 1.807) is 13.1 Å². The van der Waals surface area contributed by atoms with E-state index in [4.69, 9.17) is 0 Å². The molecular formula is C14H27IN4O. The van der Waals surface area contributed by atoms with Crippen LogP contribution in [-0.2, 0) is 4.79 Å². The first-order chi connectivity index (χ1) is 9.17. The Morgan fingerprint density at radius 3 is 2.85 bits per heavy atom. The van der Waals surface area contributed by atoms with Crippen molar-refractivity contribution < 1.29 is 4.79 Å². The highest BCUT2D eigenvalue weighted by atomic mass is 127. The van der Waals surface area contributed by atoms with Crippen LogP contribution >= 0.6 is 24.0 Å². The normalized spacial score (nSPS) is 19.0. The molecule has 1 aliphatic heterocycles. The molecule has 5 nitrogen and oxygen atoms in total. The van der Waals surface area contributed by atoms with Gasteiger partial charge in [0.2, 0.25) is 5.91 Å². The Balaban J connectivity index is 0.00000361. The van der Waals surface area contributed by atoms with Crippen molar-refractivity contribution in [1.29, 1.82) is 0 Å². The summed E-state index contributed by atoms with van der Waals surface area (Å²) in [4.78, 5) is 18.1. The summed E-state index contributed by atoms with van der Waals surface area (Å²) in [6.07, 6.45) is 4.65. The van der Waals surface area contributed by atoms with Gasteiger partial charge in [-0.3, -0.25) is 9.79 Å². The number of likely N-dealkylation sites (tertiary alicyclic amines) is 1. The number of piperidine rings is 1. The van der Waals surface area contributed by atoms with Crippen LogP contribution in [0, 0.1) is 5.92 Å². The molecule has 0 spiro atoms. The van der Waals surface area contributed by atoms with Gasteiger partial charge in [0, 0.05) is 39.6 Å². The second kappa shape index (κ2) is 10.9. The lowest BCUT2D eigenvalue weighted by Crippen LogP contribution is -2.42. The van der Waals surface area contributed by atoms with Crippen molar-refractivity contribution in [2.45, 2.75) is 26.2 Å². The van der Waals surface area contributed by atoms with Gasteiger partial charge in [-0.2, -0.15) is 0 Å². The van der Waals surface area contributed by atoms with E-state index in [1.165, 1.54) is 6.42 Å². The lowest BCUT2D eigenvalue weighted by molar-refractivity contribution is -0.132. The first-order valence-electron chi connectivity index (χ1n) is 7.00. The summed E-state index contributed by atoms with van der Waals surface area (Å²) in [6, 6.07) is 0. The van der Waals surface area contributed by atoms with Crippen molar-refractivity contribution in [3.63, 3.8) is 0 Å². The largest absolute Gasteiger partial charge is 0.356 e. The molecule has 1 unspecified atom stereocenters. The van der Waals surface area contributed by atoms with Gasteiger partial charge in [0.25, 0.3) is 0 Å². The van der Waals surface area contributed by atoms with Crippen LogP contribution in [0.4, 0.5) is 0 Å². The molecule has 1 atom stereocenters. The lowest BCUT2D eigenvalue weighted by atomic mass is 10.00. The fourth-order valence-electron chi connectivity index (χ4n) is 2.25. The number of rotatable bonds is 5. The van der Waals surface area contributed by atoms with Crippen molar-refractivity contribution in [3.05, 3.63) is 12.7 Å². The maximum absolute atomic E-state index is 12.0. The zero-order chi connectivity index (χ0) is 14.1. The molecule has 0 aliphatic carbocycles. The zero-order valence-electron chi connectivity index (χ0n) is 12.5. The van der Waals surface area contributed by atoms with E-state index in [9.17, 15) is 4.79 Å². The van der Waals surface area contributed by atoms with E-state index in [2.05, 4.69) is 29.1 Å². The van der Waals surface area contributed by atoms with E-state index in [0.717, 1.165) is 19.5 Å². The third-order valence-electron chi connectivity index (χ3n) is 3.28. The number of halogens is 1. The number of carbonyl (C=O) groups excluding carboxylic acids is 1. The lowest BCUT2D eigenvalue weighted by Gasteiger charge is -2.31. The summed E-state index contributed by atoms with van der Waals surface area (Å²) in [5.41, 5.74) is 0. The van der Waals surface area contributed by atoms with Crippen molar-refractivity contribution >= 4 is 35.8 Å². The minimum Gasteiger partial charge on any atom is -0.356 e. The average Bonchev–Trinajstić information content (AvgIpc) is 2.42. The number of hydrogen-bond donors (Lipinski definition) is 2. The zero-order valence-corrected chi connectivity index (χ0v) is 14.9. The molecule has 0 bridgehead atoms. The third-order valence-corrected chi connectivity index (χ3v) is 3.28. The fourth-order valence-corrected chi connectivity index (χ4v) is 2.25. The molecule has 1 heterocycles. The molecular weight excluding hydrogens is 367 g/mol. The van der Waals surface area contributed by atoms with E-state index < -0.39 is 0 Å². The van der Waals surface area contributed by atoms with Crippen molar-refractivity contribution in [2.75, 3.05) is 33.2 Å². The molecule has 1 aliphatic rings. The average molecular weight is 394 g/mol. The second-order valence-corrected chi connectivity index (χ2v) is 5.01. The minimum absolute atomic E-state index is 0. The van der Waals surface area contributed by atoms with Gasteiger partial charge < -0.3 is 15.5 Å². The summed E-state index contributed by atoms with van der Waals surface area (Å²) in [7, 11) is 1.71. The summed E-state index contributed by atoms with van der Waals surface area (Å²) in [6.45, 7) is 8.93. The van der Waals surface area contributed by atoms with Crippen LogP contribution in [0.15, 0.2) is 17.6 Å². The van der Waals surface area contributed by atoms with Crippen LogP contribution in [0.25, 0.3) is 0 Å². The molecule has 116 valence electrons. The van der Waals surface area contributed by atoms with Crippen LogP contribution in [0.5, 0.6) is 0 Å². The molecule has 1 fully saturated rings. The molecule has 20 heavy (non-hydrogen) atoms.